The summed E-state index contributed by atoms with van der Waals surface area (Å²) in [5.74, 6) is 1.48. The topological polar surface area (TPSA) is 48.4 Å². The molecule has 0 saturated carbocycles. The van der Waals surface area contributed by atoms with Gasteiger partial charge in [0.05, 0.1) is 36.1 Å². The summed E-state index contributed by atoms with van der Waals surface area (Å²) in [5.41, 5.74) is 2.65. The predicted octanol–water partition coefficient (Wildman–Crippen LogP) is 4.54. The Morgan fingerprint density at radius 2 is 1.88 bits per heavy atom. The van der Waals surface area contributed by atoms with E-state index in [-0.39, 0.29) is 5.78 Å². The van der Waals surface area contributed by atoms with Gasteiger partial charge < -0.3 is 9.47 Å². The van der Waals surface area contributed by atoms with Gasteiger partial charge in [-0.1, -0.05) is 30.0 Å². The molecule has 25 heavy (non-hydrogen) atoms. The molecule has 5 heteroatoms. The van der Waals surface area contributed by atoms with Crippen LogP contribution in [0.2, 0.25) is 0 Å². The molecule has 0 fully saturated rings. The van der Waals surface area contributed by atoms with Crippen molar-refractivity contribution < 1.29 is 14.3 Å². The van der Waals surface area contributed by atoms with Crippen LogP contribution in [0.15, 0.2) is 53.6 Å². The van der Waals surface area contributed by atoms with Crippen LogP contribution in [-0.4, -0.2) is 30.7 Å². The first kappa shape index (κ1) is 17.3. The second kappa shape index (κ2) is 7.57. The minimum absolute atomic E-state index is 0.00267. The van der Waals surface area contributed by atoms with E-state index in [1.807, 2.05) is 24.3 Å². The van der Waals surface area contributed by atoms with Gasteiger partial charge in [0.25, 0.3) is 0 Å². The quantitative estimate of drug-likeness (QED) is 0.481. The van der Waals surface area contributed by atoms with Gasteiger partial charge in [-0.2, -0.15) is 0 Å². The first-order chi connectivity index (χ1) is 12.1. The zero-order chi connectivity index (χ0) is 17.8. The van der Waals surface area contributed by atoms with Crippen LogP contribution in [0.25, 0.3) is 10.9 Å². The number of para-hydroxylation sites is 1. The van der Waals surface area contributed by atoms with Crippen LogP contribution >= 0.6 is 11.8 Å². The van der Waals surface area contributed by atoms with Crippen molar-refractivity contribution in [2.75, 3.05) is 20.0 Å². The Labute approximate surface area is 151 Å². The maximum absolute atomic E-state index is 12.6. The van der Waals surface area contributed by atoms with E-state index in [9.17, 15) is 4.79 Å². The van der Waals surface area contributed by atoms with Gasteiger partial charge in [0.15, 0.2) is 5.78 Å². The van der Waals surface area contributed by atoms with E-state index in [1.165, 1.54) is 11.8 Å². The van der Waals surface area contributed by atoms with Gasteiger partial charge in [-0.25, -0.2) is 4.98 Å². The van der Waals surface area contributed by atoms with Crippen LogP contribution in [-0.2, 0) is 0 Å². The number of nitrogens with zero attached hydrogens (tertiary/aromatic N) is 1. The number of thioether (sulfide) groups is 1. The molecule has 0 saturated heterocycles. The number of rotatable bonds is 6. The molecular weight excluding hydrogens is 334 g/mol. The summed E-state index contributed by atoms with van der Waals surface area (Å²) < 4.78 is 10.5. The smallest absolute Gasteiger partial charge is 0.176 e. The number of benzene rings is 2. The number of aromatic nitrogens is 1. The molecule has 1 heterocycles. The molecule has 2 aromatic carbocycles. The molecular formula is C20H19NO3S. The van der Waals surface area contributed by atoms with Gasteiger partial charge in [0.2, 0.25) is 0 Å². The number of carbonyl (C=O) groups is 1. The van der Waals surface area contributed by atoms with Crippen molar-refractivity contribution in [3.63, 3.8) is 0 Å². The number of ketones is 1. The maximum atomic E-state index is 12.6. The summed E-state index contributed by atoms with van der Waals surface area (Å²) in [6, 6.07) is 15.3. The second-order valence-electron chi connectivity index (χ2n) is 5.57. The van der Waals surface area contributed by atoms with Crippen LogP contribution in [0, 0.1) is 6.92 Å². The summed E-state index contributed by atoms with van der Waals surface area (Å²) in [7, 11) is 3.13. The minimum Gasteiger partial charge on any atom is -0.497 e. The normalized spacial score (nSPS) is 10.7. The van der Waals surface area contributed by atoms with Crippen molar-refractivity contribution in [2.24, 2.45) is 0 Å². The molecule has 1 aromatic heterocycles. The number of carbonyl (C=O) groups excluding carboxylic acids is 1. The number of pyridine rings is 1. The van der Waals surface area contributed by atoms with Crippen LogP contribution in [0.5, 0.6) is 11.5 Å². The lowest BCUT2D eigenvalue weighted by Gasteiger charge is -2.10. The molecule has 0 aliphatic heterocycles. The molecule has 0 atom stereocenters. The highest BCUT2D eigenvalue weighted by atomic mass is 32.2. The van der Waals surface area contributed by atoms with Crippen LogP contribution in [0.3, 0.4) is 0 Å². The fourth-order valence-electron chi connectivity index (χ4n) is 2.64. The van der Waals surface area contributed by atoms with Crippen LogP contribution in [0.1, 0.15) is 15.9 Å². The largest absolute Gasteiger partial charge is 0.497 e. The van der Waals surface area contributed by atoms with E-state index in [0.29, 0.717) is 22.8 Å². The molecule has 0 unspecified atom stereocenters. The number of aryl methyl sites for hydroxylation is 1. The lowest BCUT2D eigenvalue weighted by atomic mass is 10.1. The standard InChI is InChI=1S/C20H19NO3S/c1-13-10-20(21-17-7-5-4-6-15(13)17)25-12-18(22)16-9-8-14(23-2)11-19(16)24-3/h4-11H,12H2,1-3H3. The van der Waals surface area contributed by atoms with Gasteiger partial charge in [0, 0.05) is 11.5 Å². The van der Waals surface area contributed by atoms with Crippen molar-refractivity contribution >= 4 is 28.4 Å². The Morgan fingerprint density at radius 1 is 1.08 bits per heavy atom. The third-order valence-corrected chi connectivity index (χ3v) is 4.87. The summed E-state index contributed by atoms with van der Waals surface area (Å²) >= 11 is 1.43. The van der Waals surface area contributed by atoms with Gasteiger partial charge in [-0.3, -0.25) is 4.79 Å². The third-order valence-electron chi connectivity index (χ3n) is 3.96. The van der Waals surface area contributed by atoms with Gasteiger partial charge in [-0.05, 0) is 36.8 Å². The summed E-state index contributed by atoms with van der Waals surface area (Å²) in [6.45, 7) is 2.06. The Bertz CT molecular complexity index is 924. The number of hydrogen-bond donors (Lipinski definition) is 0. The molecule has 0 spiro atoms. The molecule has 0 radical (unpaired) electrons. The lowest BCUT2D eigenvalue weighted by Crippen LogP contribution is -2.05. The summed E-state index contributed by atoms with van der Waals surface area (Å²) in [5, 5.41) is 1.98. The zero-order valence-electron chi connectivity index (χ0n) is 14.4. The number of Topliss-reactive ketones (excluding diaryl/α,β-unsaturated/α-hetero) is 1. The average Bonchev–Trinajstić information content (AvgIpc) is 2.65. The van der Waals surface area contributed by atoms with Crippen LogP contribution in [0.4, 0.5) is 0 Å². The summed E-state index contributed by atoms with van der Waals surface area (Å²) in [4.78, 5) is 17.2. The monoisotopic (exact) mass is 353 g/mol. The zero-order valence-corrected chi connectivity index (χ0v) is 15.2. The summed E-state index contributed by atoms with van der Waals surface area (Å²) in [6.07, 6.45) is 0. The molecule has 3 aromatic rings. The van der Waals surface area contributed by atoms with Gasteiger partial charge in [0.1, 0.15) is 11.5 Å². The highest BCUT2D eigenvalue weighted by Gasteiger charge is 2.14. The Kier molecular flexibility index (Phi) is 5.24. The molecule has 0 bridgehead atoms. The average molecular weight is 353 g/mol. The fourth-order valence-corrected chi connectivity index (χ4v) is 3.50. The fraction of sp³-hybridized carbons (Fsp3) is 0.200. The van der Waals surface area contributed by atoms with Crippen molar-refractivity contribution in [3.8, 4) is 11.5 Å². The SMILES string of the molecule is COc1ccc(C(=O)CSc2cc(C)c3ccccc3n2)c(OC)c1. The first-order valence-corrected chi connectivity index (χ1v) is 8.85. The van der Waals surface area contributed by atoms with E-state index < -0.39 is 0 Å². The highest BCUT2D eigenvalue weighted by Crippen LogP contribution is 2.28. The maximum Gasteiger partial charge on any atom is 0.176 e. The Balaban J connectivity index is 1.79. The van der Waals surface area contributed by atoms with Gasteiger partial charge in [-0.15, -0.1) is 0 Å². The van der Waals surface area contributed by atoms with Crippen molar-refractivity contribution in [1.82, 2.24) is 4.98 Å². The Hall–Kier alpha value is -2.53. The number of ether oxygens (including phenoxy) is 2. The first-order valence-electron chi connectivity index (χ1n) is 7.87. The van der Waals surface area contributed by atoms with Crippen LogP contribution < -0.4 is 9.47 Å². The minimum atomic E-state index is -0.00267. The van der Waals surface area contributed by atoms with Crippen molar-refractivity contribution in [1.29, 1.82) is 0 Å². The van der Waals surface area contributed by atoms with E-state index in [2.05, 4.69) is 18.0 Å². The molecule has 0 N–H and O–H groups in total. The number of methoxy groups -OCH3 is 2. The van der Waals surface area contributed by atoms with E-state index in [0.717, 1.165) is 21.5 Å². The molecule has 4 nitrogen and oxygen atoms in total. The van der Waals surface area contributed by atoms with E-state index in [4.69, 9.17) is 9.47 Å². The number of hydrogen-bond acceptors (Lipinski definition) is 5. The molecule has 0 amide bonds. The molecule has 0 aliphatic carbocycles. The molecule has 0 aliphatic rings. The molecule has 3 rings (SSSR count). The van der Waals surface area contributed by atoms with Crippen molar-refractivity contribution in [3.05, 3.63) is 59.7 Å². The number of fused-ring (bicyclic) bond motifs is 1. The van der Waals surface area contributed by atoms with Gasteiger partial charge >= 0.3 is 0 Å². The van der Waals surface area contributed by atoms with E-state index >= 15 is 0 Å². The Morgan fingerprint density at radius 3 is 2.64 bits per heavy atom. The second-order valence-corrected chi connectivity index (χ2v) is 6.57. The van der Waals surface area contributed by atoms with Crippen molar-refractivity contribution in [2.45, 2.75) is 11.9 Å². The highest BCUT2D eigenvalue weighted by molar-refractivity contribution is 7.99. The molecule has 128 valence electrons. The third kappa shape index (κ3) is 3.77. The predicted molar refractivity (Wildman–Crippen MR) is 101 cm³/mol. The van der Waals surface area contributed by atoms with E-state index in [1.54, 1.807) is 32.4 Å². The lowest BCUT2D eigenvalue weighted by molar-refractivity contribution is 0.101.